The van der Waals surface area contributed by atoms with E-state index in [-0.39, 0.29) is 11.3 Å². The summed E-state index contributed by atoms with van der Waals surface area (Å²) < 4.78 is 23.4. The maximum Gasteiger partial charge on any atom is 0.151 e. The molecule has 3 atom stereocenters. The Morgan fingerprint density at radius 1 is 1.25 bits per heavy atom. The number of rotatable bonds is 3. The van der Waals surface area contributed by atoms with Crippen LogP contribution in [0.25, 0.3) is 0 Å². The van der Waals surface area contributed by atoms with Crippen molar-refractivity contribution >= 4 is 9.84 Å². The molecule has 3 unspecified atom stereocenters. The molecule has 2 rings (SSSR count). The summed E-state index contributed by atoms with van der Waals surface area (Å²) in [5, 5.41) is 3.20. The molecule has 0 amide bonds. The smallest absolute Gasteiger partial charge is 0.151 e. The summed E-state index contributed by atoms with van der Waals surface area (Å²) in [7, 11) is -0.799. The van der Waals surface area contributed by atoms with Gasteiger partial charge in [-0.3, -0.25) is 4.90 Å². The van der Waals surface area contributed by atoms with Gasteiger partial charge in [0.05, 0.1) is 5.25 Å². The van der Waals surface area contributed by atoms with Gasteiger partial charge in [0.1, 0.15) is 0 Å². The molecule has 1 saturated heterocycles. The molecule has 94 valence electrons. The lowest BCUT2D eigenvalue weighted by atomic mass is 10.1. The van der Waals surface area contributed by atoms with E-state index in [0.717, 1.165) is 38.8 Å². The zero-order chi connectivity index (χ0) is 11.8. The van der Waals surface area contributed by atoms with Crippen LogP contribution < -0.4 is 5.32 Å². The fourth-order valence-corrected chi connectivity index (χ4v) is 4.62. The zero-order valence-corrected chi connectivity index (χ0v) is 11.0. The fraction of sp³-hybridized carbons (Fsp3) is 1.00. The second kappa shape index (κ2) is 4.63. The average Bonchev–Trinajstić information content (AvgIpc) is 2.87. The topological polar surface area (TPSA) is 49.4 Å². The van der Waals surface area contributed by atoms with E-state index in [9.17, 15) is 8.42 Å². The van der Waals surface area contributed by atoms with Gasteiger partial charge in [-0.2, -0.15) is 0 Å². The molecule has 2 aliphatic rings. The lowest BCUT2D eigenvalue weighted by molar-refractivity contribution is 0.187. The first kappa shape index (κ1) is 12.3. The van der Waals surface area contributed by atoms with Crippen LogP contribution in [0.4, 0.5) is 0 Å². The summed E-state index contributed by atoms with van der Waals surface area (Å²) in [5.41, 5.74) is 0. The highest BCUT2D eigenvalue weighted by molar-refractivity contribution is 7.91. The minimum absolute atomic E-state index is 0.141. The van der Waals surface area contributed by atoms with Gasteiger partial charge < -0.3 is 5.32 Å². The van der Waals surface area contributed by atoms with E-state index in [1.165, 1.54) is 6.26 Å². The highest BCUT2D eigenvalue weighted by atomic mass is 32.2. The van der Waals surface area contributed by atoms with Gasteiger partial charge in [0.25, 0.3) is 0 Å². The molecule has 1 N–H and O–H groups in total. The van der Waals surface area contributed by atoms with Crippen molar-refractivity contribution in [3.63, 3.8) is 0 Å². The Balaban J connectivity index is 2.07. The van der Waals surface area contributed by atoms with E-state index >= 15 is 0 Å². The number of nitrogens with zero attached hydrogens (tertiary/aromatic N) is 1. The van der Waals surface area contributed by atoms with Crippen molar-refractivity contribution < 1.29 is 8.42 Å². The van der Waals surface area contributed by atoms with Crippen LogP contribution in [0, 0.1) is 0 Å². The Morgan fingerprint density at radius 2 is 2.00 bits per heavy atom. The molecule has 0 spiro atoms. The molecule has 5 heteroatoms. The van der Waals surface area contributed by atoms with Crippen LogP contribution in [0.5, 0.6) is 0 Å². The van der Waals surface area contributed by atoms with Crippen molar-refractivity contribution in [2.45, 2.75) is 43.0 Å². The molecule has 0 radical (unpaired) electrons. The van der Waals surface area contributed by atoms with Crippen LogP contribution in [0.3, 0.4) is 0 Å². The largest absolute Gasteiger partial charge is 0.315 e. The van der Waals surface area contributed by atoms with E-state index in [2.05, 4.69) is 17.3 Å². The molecule has 0 aromatic carbocycles. The first-order valence-corrected chi connectivity index (χ1v) is 8.07. The third-order valence-corrected chi connectivity index (χ3v) is 5.75. The first-order chi connectivity index (χ1) is 7.50. The number of hydrogen-bond donors (Lipinski definition) is 1. The minimum atomic E-state index is -2.89. The van der Waals surface area contributed by atoms with Crippen molar-refractivity contribution in [3.8, 4) is 0 Å². The Bertz CT molecular complexity index is 336. The second-order valence-corrected chi connectivity index (χ2v) is 7.44. The van der Waals surface area contributed by atoms with E-state index in [1.54, 1.807) is 0 Å². The van der Waals surface area contributed by atoms with Crippen molar-refractivity contribution in [2.75, 3.05) is 26.4 Å². The molecule has 1 heterocycles. The van der Waals surface area contributed by atoms with Gasteiger partial charge in [0, 0.05) is 24.9 Å². The van der Waals surface area contributed by atoms with Gasteiger partial charge in [0.2, 0.25) is 0 Å². The molecule has 1 saturated carbocycles. The molecule has 1 aliphatic carbocycles. The first-order valence-electron chi connectivity index (χ1n) is 6.11. The summed E-state index contributed by atoms with van der Waals surface area (Å²) in [6, 6.07) is 0.757. The Labute approximate surface area is 98.3 Å². The van der Waals surface area contributed by atoms with Crippen LogP contribution in [0.2, 0.25) is 0 Å². The van der Waals surface area contributed by atoms with Crippen molar-refractivity contribution in [3.05, 3.63) is 0 Å². The Morgan fingerprint density at radius 3 is 2.56 bits per heavy atom. The molecule has 0 bridgehead atoms. The highest BCUT2D eigenvalue weighted by Gasteiger charge is 2.39. The van der Waals surface area contributed by atoms with Crippen LogP contribution in [0.1, 0.15) is 25.7 Å². The highest BCUT2D eigenvalue weighted by Crippen LogP contribution is 2.30. The van der Waals surface area contributed by atoms with Crippen LogP contribution in [-0.2, 0) is 9.84 Å². The molecule has 2 fully saturated rings. The van der Waals surface area contributed by atoms with Crippen molar-refractivity contribution in [1.82, 2.24) is 10.2 Å². The number of likely N-dealkylation sites (N-methyl/N-ethyl adjacent to an activating group) is 1. The average molecular weight is 246 g/mol. The number of nitrogens with one attached hydrogen (secondary N) is 1. The summed E-state index contributed by atoms with van der Waals surface area (Å²) >= 11 is 0. The predicted molar refractivity (Wildman–Crippen MR) is 65.3 cm³/mol. The standard InChI is InChI=1S/C11H22N2O2S/c1-13(9-6-7-12-8-9)10-4-3-5-11(10)16(2,14)15/h9-12H,3-8H2,1-2H3. The third-order valence-electron chi connectivity index (χ3n) is 4.10. The normalized spacial score (nSPS) is 36.1. The summed E-state index contributed by atoms with van der Waals surface area (Å²) in [6.07, 6.45) is 5.45. The van der Waals surface area contributed by atoms with Crippen LogP contribution >= 0.6 is 0 Å². The van der Waals surface area contributed by atoms with Gasteiger partial charge >= 0.3 is 0 Å². The third kappa shape index (κ3) is 2.41. The lowest BCUT2D eigenvalue weighted by Crippen LogP contribution is -2.47. The van der Waals surface area contributed by atoms with Gasteiger partial charge in [-0.1, -0.05) is 6.42 Å². The summed E-state index contributed by atoms with van der Waals surface area (Å²) in [5.74, 6) is 0. The molecule has 4 nitrogen and oxygen atoms in total. The predicted octanol–water partition coefficient (Wildman–Crippen LogP) is 0.246. The van der Waals surface area contributed by atoms with E-state index in [4.69, 9.17) is 0 Å². The summed E-state index contributed by atoms with van der Waals surface area (Å²) in [6.45, 7) is 2.06. The van der Waals surface area contributed by atoms with Gasteiger partial charge in [-0.15, -0.1) is 0 Å². The quantitative estimate of drug-likeness (QED) is 0.775. The second-order valence-electron chi connectivity index (χ2n) is 5.18. The monoisotopic (exact) mass is 246 g/mol. The zero-order valence-electron chi connectivity index (χ0n) is 10.1. The van der Waals surface area contributed by atoms with E-state index < -0.39 is 9.84 Å². The SMILES string of the molecule is CN(C1CCNC1)C1CCCC1S(C)(=O)=O. The molecule has 0 aromatic heterocycles. The van der Waals surface area contributed by atoms with Gasteiger partial charge in [0.15, 0.2) is 9.84 Å². The lowest BCUT2D eigenvalue weighted by Gasteiger charge is -2.33. The molecule has 0 aromatic rings. The molecule has 16 heavy (non-hydrogen) atoms. The number of hydrogen-bond acceptors (Lipinski definition) is 4. The maximum absolute atomic E-state index is 11.7. The molecular formula is C11H22N2O2S. The maximum atomic E-state index is 11.7. The van der Waals surface area contributed by atoms with Crippen molar-refractivity contribution in [2.24, 2.45) is 0 Å². The Kier molecular flexibility index (Phi) is 3.56. The number of sulfone groups is 1. The minimum Gasteiger partial charge on any atom is -0.315 e. The van der Waals surface area contributed by atoms with Crippen molar-refractivity contribution in [1.29, 1.82) is 0 Å². The molecular weight excluding hydrogens is 224 g/mol. The van der Waals surface area contributed by atoms with E-state index in [1.807, 2.05) is 0 Å². The van der Waals surface area contributed by atoms with Gasteiger partial charge in [-0.25, -0.2) is 8.42 Å². The van der Waals surface area contributed by atoms with Gasteiger partial charge in [-0.05, 0) is 32.9 Å². The molecule has 1 aliphatic heterocycles. The van der Waals surface area contributed by atoms with Crippen LogP contribution in [-0.4, -0.2) is 57.0 Å². The van der Waals surface area contributed by atoms with Crippen LogP contribution in [0.15, 0.2) is 0 Å². The Hall–Kier alpha value is -0.130. The summed E-state index contributed by atoms with van der Waals surface area (Å²) in [4.78, 5) is 2.30. The van der Waals surface area contributed by atoms with E-state index in [0.29, 0.717) is 6.04 Å². The fourth-order valence-electron chi connectivity index (χ4n) is 3.13.